The van der Waals surface area contributed by atoms with Crippen molar-refractivity contribution in [3.05, 3.63) is 54.1 Å². The topological polar surface area (TPSA) is 55.1 Å². The fourth-order valence-corrected chi connectivity index (χ4v) is 2.57. The number of nitrogens with one attached hydrogen (secondary N) is 1. The number of aryl methyl sites for hydroxylation is 1. The van der Waals surface area contributed by atoms with Crippen molar-refractivity contribution >= 4 is 23.4 Å². The van der Waals surface area contributed by atoms with Gasteiger partial charge in [-0.15, -0.1) is 0 Å². The van der Waals surface area contributed by atoms with Crippen LogP contribution >= 0.6 is 11.8 Å². The van der Waals surface area contributed by atoms with E-state index >= 15 is 0 Å². The van der Waals surface area contributed by atoms with Gasteiger partial charge in [-0.05, 0) is 43.3 Å². The predicted octanol–water partition coefficient (Wildman–Crippen LogP) is 3.04. The van der Waals surface area contributed by atoms with E-state index in [0.29, 0.717) is 0 Å². The standard InChI is InChI=1S/C15H16N2OS/c1-11-3-2-4-14(9-11)19-13-7-5-12(6-8-13)17-15(18)10-16/h2-9H,10,16H2,1H3,(H,17,18). The van der Waals surface area contributed by atoms with Gasteiger partial charge in [0.2, 0.25) is 5.91 Å². The molecule has 19 heavy (non-hydrogen) atoms. The number of anilines is 1. The molecule has 0 aromatic heterocycles. The van der Waals surface area contributed by atoms with Crippen LogP contribution in [-0.2, 0) is 4.79 Å². The monoisotopic (exact) mass is 272 g/mol. The van der Waals surface area contributed by atoms with E-state index in [2.05, 4.69) is 30.4 Å². The highest BCUT2D eigenvalue weighted by molar-refractivity contribution is 7.99. The van der Waals surface area contributed by atoms with Gasteiger partial charge in [-0.1, -0.05) is 29.5 Å². The maximum absolute atomic E-state index is 11.2. The molecular formula is C15H16N2OS. The molecule has 0 bridgehead atoms. The second-order valence-corrected chi connectivity index (χ2v) is 5.34. The van der Waals surface area contributed by atoms with Crippen molar-refractivity contribution < 1.29 is 4.79 Å². The molecule has 2 aromatic rings. The lowest BCUT2D eigenvalue weighted by atomic mass is 10.2. The van der Waals surface area contributed by atoms with Gasteiger partial charge in [0.05, 0.1) is 6.54 Å². The predicted molar refractivity (Wildman–Crippen MR) is 79.4 cm³/mol. The van der Waals surface area contributed by atoms with Crippen LogP contribution in [0.3, 0.4) is 0 Å². The SMILES string of the molecule is Cc1cccc(Sc2ccc(NC(=O)CN)cc2)c1. The Kier molecular flexibility index (Phi) is 4.60. The summed E-state index contributed by atoms with van der Waals surface area (Å²) in [6.07, 6.45) is 0. The normalized spacial score (nSPS) is 10.2. The zero-order valence-electron chi connectivity index (χ0n) is 10.7. The molecule has 3 N–H and O–H groups in total. The van der Waals surface area contributed by atoms with E-state index in [1.54, 1.807) is 11.8 Å². The van der Waals surface area contributed by atoms with Gasteiger partial charge in [0, 0.05) is 15.5 Å². The minimum absolute atomic E-state index is 0.000205. The summed E-state index contributed by atoms with van der Waals surface area (Å²) in [7, 11) is 0. The molecule has 0 saturated carbocycles. The summed E-state index contributed by atoms with van der Waals surface area (Å²) in [6, 6.07) is 16.1. The smallest absolute Gasteiger partial charge is 0.238 e. The Morgan fingerprint density at radius 2 is 1.89 bits per heavy atom. The zero-order chi connectivity index (χ0) is 13.7. The summed E-state index contributed by atoms with van der Waals surface area (Å²) in [4.78, 5) is 13.5. The molecule has 2 aromatic carbocycles. The maximum Gasteiger partial charge on any atom is 0.238 e. The average molecular weight is 272 g/mol. The van der Waals surface area contributed by atoms with Crippen molar-refractivity contribution in [2.24, 2.45) is 5.73 Å². The molecule has 0 aliphatic heterocycles. The number of carbonyl (C=O) groups is 1. The third-order valence-electron chi connectivity index (χ3n) is 2.55. The molecule has 98 valence electrons. The summed E-state index contributed by atoms with van der Waals surface area (Å²) in [6.45, 7) is 2.08. The molecule has 1 amide bonds. The van der Waals surface area contributed by atoms with Crippen LogP contribution in [-0.4, -0.2) is 12.5 Å². The Morgan fingerprint density at radius 1 is 1.16 bits per heavy atom. The van der Waals surface area contributed by atoms with Gasteiger partial charge < -0.3 is 11.1 Å². The quantitative estimate of drug-likeness (QED) is 0.899. The zero-order valence-corrected chi connectivity index (χ0v) is 11.5. The maximum atomic E-state index is 11.2. The van der Waals surface area contributed by atoms with Crippen LogP contribution in [0.5, 0.6) is 0 Å². The highest BCUT2D eigenvalue weighted by Crippen LogP contribution is 2.28. The minimum Gasteiger partial charge on any atom is -0.325 e. The average Bonchev–Trinajstić information content (AvgIpc) is 2.41. The summed E-state index contributed by atoms with van der Waals surface area (Å²) in [5.74, 6) is -0.181. The van der Waals surface area contributed by atoms with E-state index in [0.717, 1.165) is 10.6 Å². The van der Waals surface area contributed by atoms with E-state index in [-0.39, 0.29) is 12.5 Å². The first-order valence-electron chi connectivity index (χ1n) is 6.02. The summed E-state index contributed by atoms with van der Waals surface area (Å²) in [5.41, 5.74) is 7.26. The second-order valence-electron chi connectivity index (χ2n) is 4.20. The van der Waals surface area contributed by atoms with E-state index in [9.17, 15) is 4.79 Å². The Hall–Kier alpha value is -1.78. The van der Waals surface area contributed by atoms with Crippen LogP contribution in [0.2, 0.25) is 0 Å². The van der Waals surface area contributed by atoms with Gasteiger partial charge in [-0.3, -0.25) is 4.79 Å². The number of amides is 1. The number of nitrogens with two attached hydrogens (primary N) is 1. The Labute approximate surface area is 117 Å². The van der Waals surface area contributed by atoms with Crippen LogP contribution in [0.1, 0.15) is 5.56 Å². The van der Waals surface area contributed by atoms with Crippen molar-refractivity contribution in [2.75, 3.05) is 11.9 Å². The lowest BCUT2D eigenvalue weighted by Crippen LogP contribution is -2.21. The first-order chi connectivity index (χ1) is 9.17. The van der Waals surface area contributed by atoms with Crippen molar-refractivity contribution in [3.8, 4) is 0 Å². The Balaban J connectivity index is 2.04. The van der Waals surface area contributed by atoms with Crippen LogP contribution in [0.25, 0.3) is 0 Å². The van der Waals surface area contributed by atoms with E-state index < -0.39 is 0 Å². The second kappa shape index (κ2) is 6.41. The number of carbonyl (C=O) groups excluding carboxylic acids is 1. The van der Waals surface area contributed by atoms with Crippen molar-refractivity contribution in [1.29, 1.82) is 0 Å². The summed E-state index contributed by atoms with van der Waals surface area (Å²) < 4.78 is 0. The highest BCUT2D eigenvalue weighted by Gasteiger charge is 2.01. The molecule has 0 aliphatic rings. The van der Waals surface area contributed by atoms with Gasteiger partial charge in [-0.2, -0.15) is 0 Å². The molecule has 4 heteroatoms. The molecule has 0 aliphatic carbocycles. The molecule has 0 radical (unpaired) electrons. The fourth-order valence-electron chi connectivity index (χ4n) is 1.63. The van der Waals surface area contributed by atoms with E-state index in [1.165, 1.54) is 10.5 Å². The molecular weight excluding hydrogens is 256 g/mol. The molecule has 0 fully saturated rings. The van der Waals surface area contributed by atoms with Crippen molar-refractivity contribution in [2.45, 2.75) is 16.7 Å². The Morgan fingerprint density at radius 3 is 2.53 bits per heavy atom. The van der Waals surface area contributed by atoms with Crippen LogP contribution < -0.4 is 11.1 Å². The van der Waals surface area contributed by atoms with E-state index in [4.69, 9.17) is 5.73 Å². The summed E-state index contributed by atoms with van der Waals surface area (Å²) >= 11 is 1.70. The third-order valence-corrected chi connectivity index (χ3v) is 3.55. The lowest BCUT2D eigenvalue weighted by molar-refractivity contribution is -0.114. The molecule has 0 saturated heterocycles. The van der Waals surface area contributed by atoms with Crippen molar-refractivity contribution in [3.63, 3.8) is 0 Å². The van der Waals surface area contributed by atoms with Gasteiger partial charge in [0.1, 0.15) is 0 Å². The van der Waals surface area contributed by atoms with Gasteiger partial charge in [-0.25, -0.2) is 0 Å². The number of rotatable bonds is 4. The van der Waals surface area contributed by atoms with Crippen LogP contribution in [0, 0.1) is 6.92 Å². The molecule has 0 atom stereocenters. The number of hydrogen-bond acceptors (Lipinski definition) is 3. The first-order valence-corrected chi connectivity index (χ1v) is 6.83. The Bertz CT molecular complexity index is 567. The fraction of sp³-hybridized carbons (Fsp3) is 0.133. The third kappa shape index (κ3) is 4.12. The summed E-state index contributed by atoms with van der Waals surface area (Å²) in [5, 5.41) is 2.72. The molecule has 0 unspecified atom stereocenters. The molecule has 0 heterocycles. The van der Waals surface area contributed by atoms with E-state index in [1.807, 2.05) is 30.3 Å². The first kappa shape index (κ1) is 13.6. The molecule has 0 spiro atoms. The van der Waals surface area contributed by atoms with Crippen molar-refractivity contribution in [1.82, 2.24) is 0 Å². The van der Waals surface area contributed by atoms with Crippen LogP contribution in [0.15, 0.2) is 58.3 Å². The van der Waals surface area contributed by atoms with Crippen LogP contribution in [0.4, 0.5) is 5.69 Å². The highest BCUT2D eigenvalue weighted by atomic mass is 32.2. The molecule has 3 nitrogen and oxygen atoms in total. The number of benzene rings is 2. The van der Waals surface area contributed by atoms with Gasteiger partial charge in [0.25, 0.3) is 0 Å². The number of hydrogen-bond donors (Lipinski definition) is 2. The lowest BCUT2D eigenvalue weighted by Gasteiger charge is -2.06. The minimum atomic E-state index is -0.181. The van der Waals surface area contributed by atoms with Gasteiger partial charge in [0.15, 0.2) is 0 Å². The van der Waals surface area contributed by atoms with Gasteiger partial charge >= 0.3 is 0 Å². The molecule has 2 rings (SSSR count). The largest absolute Gasteiger partial charge is 0.325 e.